The molecule has 1 aliphatic rings. The van der Waals surface area contributed by atoms with Gasteiger partial charge in [0.2, 0.25) is 5.91 Å². The number of nitrogens with zero attached hydrogens (tertiary/aromatic N) is 3. The van der Waals surface area contributed by atoms with Crippen LogP contribution in [-0.2, 0) is 4.79 Å². The van der Waals surface area contributed by atoms with Crippen LogP contribution in [0.4, 0.5) is 11.5 Å². The summed E-state index contributed by atoms with van der Waals surface area (Å²) in [6.07, 6.45) is 3.28. The van der Waals surface area contributed by atoms with E-state index in [9.17, 15) is 9.59 Å². The Labute approximate surface area is 205 Å². The van der Waals surface area contributed by atoms with Gasteiger partial charge in [0.15, 0.2) is 0 Å². The van der Waals surface area contributed by atoms with Crippen molar-refractivity contribution in [2.75, 3.05) is 36.4 Å². The van der Waals surface area contributed by atoms with Gasteiger partial charge >= 0.3 is 0 Å². The minimum atomic E-state index is -0.198. The molecule has 176 valence electrons. The van der Waals surface area contributed by atoms with E-state index in [1.165, 1.54) is 0 Å². The van der Waals surface area contributed by atoms with E-state index in [1.807, 2.05) is 54.3 Å². The Morgan fingerprint density at radius 1 is 0.971 bits per heavy atom. The second kappa shape index (κ2) is 11.2. The maximum Gasteiger partial charge on any atom is 0.253 e. The number of pyridine rings is 1. The van der Waals surface area contributed by atoms with Crippen LogP contribution in [-0.4, -0.2) is 47.9 Å². The minimum Gasteiger partial charge on any atom is -0.355 e. The van der Waals surface area contributed by atoms with Crippen molar-refractivity contribution in [3.8, 4) is 0 Å². The van der Waals surface area contributed by atoms with Gasteiger partial charge in [0.1, 0.15) is 5.82 Å². The molecule has 1 aromatic heterocycles. The lowest BCUT2D eigenvalue weighted by molar-refractivity contribution is -0.117. The fourth-order valence-corrected chi connectivity index (χ4v) is 4.38. The fourth-order valence-electron chi connectivity index (χ4n) is 4.26. The van der Waals surface area contributed by atoms with E-state index in [4.69, 9.17) is 11.6 Å². The van der Waals surface area contributed by atoms with Gasteiger partial charge in [-0.3, -0.25) is 9.59 Å². The molecule has 7 heteroatoms. The number of hydrogen-bond donors (Lipinski definition) is 1. The van der Waals surface area contributed by atoms with Gasteiger partial charge in [0.25, 0.3) is 5.91 Å². The topological polar surface area (TPSA) is 65.5 Å². The van der Waals surface area contributed by atoms with Crippen LogP contribution in [0.25, 0.3) is 0 Å². The van der Waals surface area contributed by atoms with Gasteiger partial charge in [-0.2, -0.15) is 0 Å². The molecule has 34 heavy (non-hydrogen) atoms. The molecule has 1 aliphatic heterocycles. The summed E-state index contributed by atoms with van der Waals surface area (Å²) >= 11 is 5.94. The molecule has 0 bridgehead atoms. The molecule has 0 spiro atoms. The molecule has 1 saturated heterocycles. The van der Waals surface area contributed by atoms with Crippen molar-refractivity contribution in [1.82, 2.24) is 9.88 Å². The molecule has 2 amide bonds. The predicted molar refractivity (Wildman–Crippen MR) is 137 cm³/mol. The summed E-state index contributed by atoms with van der Waals surface area (Å²) in [4.78, 5) is 34.3. The first-order valence-electron chi connectivity index (χ1n) is 11.7. The number of anilines is 2. The third-order valence-corrected chi connectivity index (χ3v) is 6.39. The molecule has 0 saturated carbocycles. The molecular weight excluding hydrogens is 448 g/mol. The monoisotopic (exact) mass is 476 g/mol. The second-order valence-electron chi connectivity index (χ2n) is 8.41. The standard InChI is InChI=1S/C27H29ClN4O2/c1-2-24(20-7-4-3-5-8-20)26(33)30-23-13-14-25(29-19-23)31-15-6-16-32(18-17-31)27(34)21-9-11-22(28)12-10-21/h3-5,7-14,19,24H,2,6,15-18H2,1H3,(H,30,33)/t24-/m1/s1. The number of nitrogens with one attached hydrogen (secondary N) is 1. The average Bonchev–Trinajstić information content (AvgIpc) is 3.12. The maximum atomic E-state index is 12.8. The van der Waals surface area contributed by atoms with E-state index in [0.717, 1.165) is 30.8 Å². The van der Waals surface area contributed by atoms with Gasteiger partial charge in [-0.05, 0) is 54.8 Å². The van der Waals surface area contributed by atoms with E-state index >= 15 is 0 Å². The van der Waals surface area contributed by atoms with Crippen molar-refractivity contribution in [1.29, 1.82) is 0 Å². The van der Waals surface area contributed by atoms with Crippen LogP contribution >= 0.6 is 11.6 Å². The van der Waals surface area contributed by atoms with Gasteiger partial charge in [-0.1, -0.05) is 48.9 Å². The lowest BCUT2D eigenvalue weighted by atomic mass is 9.95. The van der Waals surface area contributed by atoms with Gasteiger partial charge in [-0.25, -0.2) is 4.98 Å². The summed E-state index contributed by atoms with van der Waals surface area (Å²) in [6.45, 7) is 4.85. The lowest BCUT2D eigenvalue weighted by Gasteiger charge is -2.23. The highest BCUT2D eigenvalue weighted by Gasteiger charge is 2.22. The van der Waals surface area contributed by atoms with Crippen LogP contribution in [0, 0.1) is 0 Å². The molecule has 4 rings (SSSR count). The Bertz CT molecular complexity index is 1100. The number of carbonyl (C=O) groups excluding carboxylic acids is 2. The van der Waals surface area contributed by atoms with E-state index < -0.39 is 0 Å². The second-order valence-corrected chi connectivity index (χ2v) is 8.84. The Morgan fingerprint density at radius 3 is 2.41 bits per heavy atom. The molecule has 0 unspecified atom stereocenters. The van der Waals surface area contributed by atoms with E-state index in [-0.39, 0.29) is 17.7 Å². The van der Waals surface area contributed by atoms with Crippen LogP contribution in [0.2, 0.25) is 5.02 Å². The van der Waals surface area contributed by atoms with Crippen molar-refractivity contribution in [3.05, 3.63) is 89.1 Å². The van der Waals surface area contributed by atoms with E-state index in [2.05, 4.69) is 15.2 Å². The summed E-state index contributed by atoms with van der Waals surface area (Å²) in [6, 6.07) is 20.6. The molecule has 2 heterocycles. The summed E-state index contributed by atoms with van der Waals surface area (Å²) in [5, 5.41) is 3.62. The Kier molecular flexibility index (Phi) is 7.80. The zero-order valence-electron chi connectivity index (χ0n) is 19.3. The van der Waals surface area contributed by atoms with Crippen molar-refractivity contribution >= 4 is 34.9 Å². The molecule has 1 N–H and O–H groups in total. The molecule has 1 fully saturated rings. The Morgan fingerprint density at radius 2 is 1.74 bits per heavy atom. The van der Waals surface area contributed by atoms with E-state index in [0.29, 0.717) is 35.9 Å². The van der Waals surface area contributed by atoms with Crippen LogP contribution in [0.5, 0.6) is 0 Å². The molecule has 1 atom stereocenters. The SMILES string of the molecule is CC[C@@H](C(=O)Nc1ccc(N2CCCN(C(=O)c3ccc(Cl)cc3)CC2)nc1)c1ccccc1. The molecule has 2 aromatic carbocycles. The van der Waals surface area contributed by atoms with Crippen LogP contribution in [0.1, 0.15) is 41.6 Å². The zero-order chi connectivity index (χ0) is 23.9. The largest absolute Gasteiger partial charge is 0.355 e. The number of halogens is 1. The fraction of sp³-hybridized carbons (Fsp3) is 0.296. The summed E-state index contributed by atoms with van der Waals surface area (Å²) in [5.41, 5.74) is 2.34. The minimum absolute atomic E-state index is 0.0217. The Balaban J connectivity index is 1.36. The first-order valence-corrected chi connectivity index (χ1v) is 12.0. The zero-order valence-corrected chi connectivity index (χ0v) is 20.0. The van der Waals surface area contributed by atoms with Crippen molar-refractivity contribution < 1.29 is 9.59 Å². The number of benzene rings is 2. The van der Waals surface area contributed by atoms with Crippen LogP contribution in [0.3, 0.4) is 0 Å². The quantitative estimate of drug-likeness (QED) is 0.529. The molecule has 3 aromatic rings. The number of hydrogen-bond acceptors (Lipinski definition) is 4. The van der Waals surface area contributed by atoms with Crippen LogP contribution in [0.15, 0.2) is 72.9 Å². The molecule has 6 nitrogen and oxygen atoms in total. The summed E-state index contributed by atoms with van der Waals surface area (Å²) < 4.78 is 0. The van der Waals surface area contributed by atoms with Crippen molar-refractivity contribution in [2.45, 2.75) is 25.7 Å². The van der Waals surface area contributed by atoms with Crippen molar-refractivity contribution in [3.63, 3.8) is 0 Å². The van der Waals surface area contributed by atoms with Gasteiger partial charge in [0.05, 0.1) is 17.8 Å². The summed E-state index contributed by atoms with van der Waals surface area (Å²) in [5.74, 6) is 0.632. The molecule has 0 aliphatic carbocycles. The predicted octanol–water partition coefficient (Wildman–Crippen LogP) is 5.22. The number of amides is 2. The van der Waals surface area contributed by atoms with Crippen molar-refractivity contribution in [2.24, 2.45) is 0 Å². The Hall–Kier alpha value is -3.38. The van der Waals surface area contributed by atoms with E-state index in [1.54, 1.807) is 30.5 Å². The first-order chi connectivity index (χ1) is 16.5. The highest BCUT2D eigenvalue weighted by atomic mass is 35.5. The van der Waals surface area contributed by atoms with Gasteiger partial charge < -0.3 is 15.1 Å². The van der Waals surface area contributed by atoms with Gasteiger partial charge in [0, 0.05) is 36.8 Å². The summed E-state index contributed by atoms with van der Waals surface area (Å²) in [7, 11) is 0. The average molecular weight is 477 g/mol. The third kappa shape index (κ3) is 5.75. The third-order valence-electron chi connectivity index (χ3n) is 6.14. The first kappa shape index (κ1) is 23.8. The highest BCUT2D eigenvalue weighted by molar-refractivity contribution is 6.30. The smallest absolute Gasteiger partial charge is 0.253 e. The number of carbonyl (C=O) groups is 2. The van der Waals surface area contributed by atoms with Gasteiger partial charge in [-0.15, -0.1) is 0 Å². The van der Waals surface area contributed by atoms with Crippen LogP contribution < -0.4 is 10.2 Å². The highest BCUT2D eigenvalue weighted by Crippen LogP contribution is 2.23. The number of rotatable bonds is 6. The molecule has 0 radical (unpaired) electrons. The number of aromatic nitrogens is 1. The lowest BCUT2D eigenvalue weighted by Crippen LogP contribution is -2.35. The molecular formula is C27H29ClN4O2. The maximum absolute atomic E-state index is 12.8. The normalized spacial score (nSPS) is 14.9.